The Morgan fingerprint density at radius 3 is 2.37 bits per heavy atom. The predicted molar refractivity (Wildman–Crippen MR) is 82.6 cm³/mol. The van der Waals surface area contributed by atoms with E-state index in [1.807, 2.05) is 19.1 Å². The van der Waals surface area contributed by atoms with Crippen LogP contribution in [0.2, 0.25) is 0 Å². The van der Waals surface area contributed by atoms with Gasteiger partial charge in [-0.25, -0.2) is 8.78 Å². The molecule has 2 rings (SSSR count). The second-order valence-electron chi connectivity index (χ2n) is 4.36. The molecule has 1 nitrogen and oxygen atoms in total. The molecule has 0 fully saturated rings. The summed E-state index contributed by atoms with van der Waals surface area (Å²) in [4.78, 5) is 0. The molecule has 0 saturated heterocycles. The molecule has 0 amide bonds. The maximum atomic E-state index is 12.4. The number of nitrogens with one attached hydrogen (secondary N) is 1. The minimum Gasteiger partial charge on any atom is -0.381 e. The van der Waals surface area contributed by atoms with Crippen molar-refractivity contribution in [2.24, 2.45) is 0 Å². The van der Waals surface area contributed by atoms with Crippen LogP contribution in [0.3, 0.4) is 0 Å². The van der Waals surface area contributed by atoms with Crippen molar-refractivity contribution in [3.63, 3.8) is 0 Å². The molecule has 1 N–H and O–H groups in total. The standard InChI is InChI=1S/C15H14F2IN/c1-10-8-13(18)6-7-14(10)19-9-11-2-4-12(5-3-11)15(16)17/h2-8,15,19H,9H2,1H3. The van der Waals surface area contributed by atoms with Crippen LogP contribution in [0.4, 0.5) is 14.5 Å². The number of halogens is 3. The fraction of sp³-hybridized carbons (Fsp3) is 0.200. The van der Waals surface area contributed by atoms with E-state index < -0.39 is 6.43 Å². The second-order valence-corrected chi connectivity index (χ2v) is 5.60. The van der Waals surface area contributed by atoms with Gasteiger partial charge in [-0.05, 0) is 58.8 Å². The lowest BCUT2D eigenvalue weighted by atomic mass is 10.1. The zero-order valence-electron chi connectivity index (χ0n) is 10.5. The van der Waals surface area contributed by atoms with E-state index in [0.29, 0.717) is 6.54 Å². The van der Waals surface area contributed by atoms with Gasteiger partial charge in [0.1, 0.15) is 0 Å². The molecule has 0 aromatic heterocycles. The van der Waals surface area contributed by atoms with E-state index in [1.165, 1.54) is 21.3 Å². The van der Waals surface area contributed by atoms with Crippen molar-refractivity contribution in [3.05, 3.63) is 62.7 Å². The number of aryl methyl sites for hydroxylation is 1. The third-order valence-corrected chi connectivity index (χ3v) is 3.57. The zero-order valence-corrected chi connectivity index (χ0v) is 12.6. The average Bonchev–Trinajstić information content (AvgIpc) is 2.38. The van der Waals surface area contributed by atoms with E-state index in [-0.39, 0.29) is 5.56 Å². The number of hydrogen-bond acceptors (Lipinski definition) is 1. The fourth-order valence-corrected chi connectivity index (χ4v) is 2.45. The number of hydrogen-bond donors (Lipinski definition) is 1. The zero-order chi connectivity index (χ0) is 13.8. The predicted octanol–water partition coefficient (Wildman–Crippen LogP) is 5.15. The Bertz CT molecular complexity index is 553. The minimum atomic E-state index is -2.40. The van der Waals surface area contributed by atoms with Crippen LogP contribution < -0.4 is 5.32 Å². The van der Waals surface area contributed by atoms with Crippen LogP contribution in [-0.2, 0) is 6.54 Å². The number of anilines is 1. The SMILES string of the molecule is Cc1cc(I)ccc1NCc1ccc(C(F)F)cc1. The van der Waals surface area contributed by atoms with Gasteiger partial charge in [0.25, 0.3) is 6.43 Å². The van der Waals surface area contributed by atoms with Crippen molar-refractivity contribution in [1.29, 1.82) is 0 Å². The summed E-state index contributed by atoms with van der Waals surface area (Å²) in [6.45, 7) is 2.68. The molecule has 0 aliphatic heterocycles. The Morgan fingerprint density at radius 1 is 1.11 bits per heavy atom. The van der Waals surface area contributed by atoms with E-state index in [4.69, 9.17) is 0 Å². The van der Waals surface area contributed by atoms with E-state index in [0.717, 1.165) is 11.3 Å². The molecule has 0 aliphatic rings. The Hall–Kier alpha value is -1.17. The molecule has 0 atom stereocenters. The van der Waals surface area contributed by atoms with Gasteiger partial charge in [-0.15, -0.1) is 0 Å². The van der Waals surface area contributed by atoms with Gasteiger partial charge in [0.15, 0.2) is 0 Å². The van der Waals surface area contributed by atoms with Gasteiger partial charge in [0.2, 0.25) is 0 Å². The Kier molecular flexibility index (Phi) is 4.74. The molecular weight excluding hydrogens is 359 g/mol. The molecule has 0 bridgehead atoms. The van der Waals surface area contributed by atoms with Crippen molar-refractivity contribution < 1.29 is 8.78 Å². The summed E-state index contributed by atoms with van der Waals surface area (Å²) >= 11 is 2.27. The van der Waals surface area contributed by atoms with Crippen LogP contribution >= 0.6 is 22.6 Å². The van der Waals surface area contributed by atoms with E-state index in [2.05, 4.69) is 34.0 Å². The van der Waals surface area contributed by atoms with E-state index in [9.17, 15) is 8.78 Å². The summed E-state index contributed by atoms with van der Waals surface area (Å²) in [5.41, 5.74) is 3.30. The third kappa shape index (κ3) is 3.89. The van der Waals surface area contributed by atoms with Crippen LogP contribution in [0.1, 0.15) is 23.1 Å². The summed E-state index contributed by atoms with van der Waals surface area (Å²) in [5.74, 6) is 0. The number of rotatable bonds is 4. The van der Waals surface area contributed by atoms with E-state index >= 15 is 0 Å². The first-order valence-electron chi connectivity index (χ1n) is 5.93. The Labute approximate surface area is 125 Å². The molecule has 0 heterocycles. The smallest absolute Gasteiger partial charge is 0.263 e. The maximum Gasteiger partial charge on any atom is 0.263 e. The second kappa shape index (κ2) is 6.32. The molecule has 0 unspecified atom stereocenters. The maximum absolute atomic E-state index is 12.4. The Morgan fingerprint density at radius 2 is 1.79 bits per heavy atom. The molecule has 2 aromatic rings. The van der Waals surface area contributed by atoms with Gasteiger partial charge >= 0.3 is 0 Å². The molecule has 0 radical (unpaired) electrons. The summed E-state index contributed by atoms with van der Waals surface area (Å²) in [6.07, 6.45) is -2.40. The highest BCUT2D eigenvalue weighted by atomic mass is 127. The normalized spacial score (nSPS) is 10.8. The minimum absolute atomic E-state index is 0.0641. The van der Waals surface area contributed by atoms with Gasteiger partial charge in [-0.3, -0.25) is 0 Å². The summed E-state index contributed by atoms with van der Waals surface area (Å²) in [6, 6.07) is 12.6. The highest BCUT2D eigenvalue weighted by molar-refractivity contribution is 14.1. The summed E-state index contributed by atoms with van der Waals surface area (Å²) in [7, 11) is 0. The molecule has 19 heavy (non-hydrogen) atoms. The summed E-state index contributed by atoms with van der Waals surface area (Å²) < 4.78 is 26.0. The fourth-order valence-electron chi connectivity index (χ4n) is 1.80. The van der Waals surface area contributed by atoms with Gasteiger partial charge in [-0.1, -0.05) is 24.3 Å². The first-order valence-corrected chi connectivity index (χ1v) is 7.01. The van der Waals surface area contributed by atoms with Crippen molar-refractivity contribution in [1.82, 2.24) is 0 Å². The monoisotopic (exact) mass is 373 g/mol. The first kappa shape index (κ1) is 14.2. The van der Waals surface area contributed by atoms with Gasteiger partial charge in [-0.2, -0.15) is 0 Å². The summed E-state index contributed by atoms with van der Waals surface area (Å²) in [5, 5.41) is 3.31. The Balaban J connectivity index is 2.02. The van der Waals surface area contributed by atoms with Gasteiger partial charge in [0.05, 0.1) is 0 Å². The van der Waals surface area contributed by atoms with Crippen LogP contribution in [0.15, 0.2) is 42.5 Å². The molecule has 0 aliphatic carbocycles. The largest absolute Gasteiger partial charge is 0.381 e. The number of benzene rings is 2. The molecule has 0 saturated carbocycles. The van der Waals surface area contributed by atoms with Crippen molar-refractivity contribution in [3.8, 4) is 0 Å². The lowest BCUT2D eigenvalue weighted by Gasteiger charge is -2.10. The molecular formula is C15H14F2IN. The highest BCUT2D eigenvalue weighted by Crippen LogP contribution is 2.21. The van der Waals surface area contributed by atoms with Crippen molar-refractivity contribution >= 4 is 28.3 Å². The van der Waals surface area contributed by atoms with Gasteiger partial charge in [0, 0.05) is 21.4 Å². The van der Waals surface area contributed by atoms with Crippen molar-refractivity contribution in [2.45, 2.75) is 19.9 Å². The van der Waals surface area contributed by atoms with Gasteiger partial charge < -0.3 is 5.32 Å². The molecule has 2 aromatic carbocycles. The van der Waals surface area contributed by atoms with Crippen molar-refractivity contribution in [2.75, 3.05) is 5.32 Å². The average molecular weight is 373 g/mol. The highest BCUT2D eigenvalue weighted by Gasteiger charge is 2.05. The molecule has 100 valence electrons. The lowest BCUT2D eigenvalue weighted by molar-refractivity contribution is 0.151. The third-order valence-electron chi connectivity index (χ3n) is 2.90. The quantitative estimate of drug-likeness (QED) is 0.731. The first-order chi connectivity index (χ1) is 9.06. The van der Waals surface area contributed by atoms with Crippen LogP contribution in [0.5, 0.6) is 0 Å². The topological polar surface area (TPSA) is 12.0 Å². The molecule has 0 spiro atoms. The van der Waals surface area contributed by atoms with Crippen LogP contribution in [0, 0.1) is 10.5 Å². The molecule has 4 heteroatoms. The number of alkyl halides is 2. The van der Waals surface area contributed by atoms with E-state index in [1.54, 1.807) is 12.1 Å². The van der Waals surface area contributed by atoms with Crippen LogP contribution in [0.25, 0.3) is 0 Å². The van der Waals surface area contributed by atoms with Crippen LogP contribution in [-0.4, -0.2) is 0 Å². The lowest BCUT2D eigenvalue weighted by Crippen LogP contribution is -2.01.